The molecule has 1 N–H and O–H groups in total. The molecule has 6 nitrogen and oxygen atoms in total. The van der Waals surface area contributed by atoms with Gasteiger partial charge in [-0.25, -0.2) is 9.97 Å². The summed E-state index contributed by atoms with van der Waals surface area (Å²) in [6, 6.07) is 10.1. The Bertz CT molecular complexity index is 1400. The van der Waals surface area contributed by atoms with Crippen molar-refractivity contribution in [2.75, 3.05) is 0 Å². The van der Waals surface area contributed by atoms with Crippen molar-refractivity contribution in [2.24, 2.45) is 5.92 Å². The van der Waals surface area contributed by atoms with Crippen LogP contribution in [0.5, 0.6) is 0 Å². The SMILES string of the molecule is CC(C)CCn1c(SCc2nc3cc(Cl)ccc3c(=O)[nH]2)nc2cc(Cl)ccc2c1=O. The molecule has 31 heavy (non-hydrogen) atoms. The standard InChI is InChI=1S/C22H20Cl2N4O2S/c1-12(2)7-8-28-21(30)16-6-4-14(24)10-18(16)26-22(28)31-11-19-25-17-9-13(23)3-5-15(17)20(29)27-19/h3-6,9-10,12H,7-8,11H2,1-2H3,(H,25,27,29). The molecule has 2 aromatic carbocycles. The zero-order chi connectivity index (χ0) is 22.1. The summed E-state index contributed by atoms with van der Waals surface area (Å²) in [6.07, 6.45) is 0.845. The fourth-order valence-electron chi connectivity index (χ4n) is 3.23. The first-order valence-electron chi connectivity index (χ1n) is 9.83. The Kier molecular flexibility index (Phi) is 6.36. The van der Waals surface area contributed by atoms with Crippen LogP contribution in [-0.2, 0) is 12.3 Å². The molecule has 160 valence electrons. The quantitative estimate of drug-likeness (QED) is 0.303. The van der Waals surface area contributed by atoms with E-state index >= 15 is 0 Å². The van der Waals surface area contributed by atoms with E-state index in [1.165, 1.54) is 11.8 Å². The van der Waals surface area contributed by atoms with E-state index in [-0.39, 0.29) is 11.1 Å². The summed E-state index contributed by atoms with van der Waals surface area (Å²) in [4.78, 5) is 37.5. The van der Waals surface area contributed by atoms with Gasteiger partial charge in [0.2, 0.25) is 0 Å². The summed E-state index contributed by atoms with van der Waals surface area (Å²) >= 11 is 13.5. The number of hydrogen-bond acceptors (Lipinski definition) is 5. The van der Waals surface area contributed by atoms with Gasteiger partial charge in [-0.05, 0) is 48.7 Å². The molecule has 4 aromatic rings. The number of benzene rings is 2. The van der Waals surface area contributed by atoms with Crippen LogP contribution in [0.3, 0.4) is 0 Å². The minimum atomic E-state index is -0.229. The number of thioether (sulfide) groups is 1. The Hall–Kier alpha value is -2.35. The van der Waals surface area contributed by atoms with Crippen LogP contribution in [0.4, 0.5) is 0 Å². The highest BCUT2D eigenvalue weighted by atomic mass is 35.5. The molecule has 0 amide bonds. The average Bonchev–Trinajstić information content (AvgIpc) is 2.71. The van der Waals surface area contributed by atoms with E-state index in [2.05, 4.69) is 28.8 Å². The molecule has 0 spiro atoms. The molecule has 4 rings (SSSR count). The maximum absolute atomic E-state index is 13.1. The maximum atomic E-state index is 13.1. The van der Waals surface area contributed by atoms with Gasteiger partial charge in [-0.15, -0.1) is 0 Å². The second kappa shape index (κ2) is 9.02. The number of nitrogens with one attached hydrogen (secondary N) is 1. The molecule has 2 heterocycles. The van der Waals surface area contributed by atoms with Crippen molar-refractivity contribution >= 4 is 56.8 Å². The van der Waals surface area contributed by atoms with Crippen LogP contribution in [0.1, 0.15) is 26.1 Å². The molecule has 0 fully saturated rings. The van der Waals surface area contributed by atoms with Crippen molar-refractivity contribution < 1.29 is 0 Å². The van der Waals surface area contributed by atoms with Gasteiger partial charge in [0.1, 0.15) is 5.82 Å². The van der Waals surface area contributed by atoms with Crippen molar-refractivity contribution in [3.8, 4) is 0 Å². The second-order valence-electron chi connectivity index (χ2n) is 7.66. The highest BCUT2D eigenvalue weighted by Crippen LogP contribution is 2.24. The van der Waals surface area contributed by atoms with Gasteiger partial charge in [-0.2, -0.15) is 0 Å². The van der Waals surface area contributed by atoms with Gasteiger partial charge in [-0.3, -0.25) is 14.2 Å². The van der Waals surface area contributed by atoms with Crippen LogP contribution < -0.4 is 11.1 Å². The van der Waals surface area contributed by atoms with Crippen molar-refractivity contribution in [3.63, 3.8) is 0 Å². The molecular weight excluding hydrogens is 455 g/mol. The van der Waals surface area contributed by atoms with Crippen LogP contribution in [-0.4, -0.2) is 19.5 Å². The third-order valence-electron chi connectivity index (χ3n) is 4.87. The number of rotatable bonds is 6. The molecule has 0 atom stereocenters. The lowest BCUT2D eigenvalue weighted by atomic mass is 10.1. The van der Waals surface area contributed by atoms with Gasteiger partial charge in [0.05, 0.1) is 27.6 Å². The summed E-state index contributed by atoms with van der Waals surface area (Å²) in [5, 5.41) is 2.61. The second-order valence-corrected chi connectivity index (χ2v) is 9.47. The molecule has 0 unspecified atom stereocenters. The lowest BCUT2D eigenvalue weighted by molar-refractivity contribution is 0.481. The molecule has 0 saturated carbocycles. The molecule has 0 aliphatic rings. The Morgan fingerprint density at radius 1 is 1.00 bits per heavy atom. The molecule has 0 saturated heterocycles. The van der Waals surface area contributed by atoms with E-state index in [4.69, 9.17) is 23.2 Å². The summed E-state index contributed by atoms with van der Waals surface area (Å²) in [7, 11) is 0. The van der Waals surface area contributed by atoms with Crippen LogP contribution in [0.25, 0.3) is 21.8 Å². The fraction of sp³-hybridized carbons (Fsp3) is 0.273. The third kappa shape index (κ3) is 4.79. The number of halogens is 2. The minimum Gasteiger partial charge on any atom is -0.309 e. The Balaban J connectivity index is 1.73. The zero-order valence-electron chi connectivity index (χ0n) is 17.0. The highest BCUT2D eigenvalue weighted by molar-refractivity contribution is 7.98. The van der Waals surface area contributed by atoms with Gasteiger partial charge >= 0.3 is 0 Å². The predicted octanol–water partition coefficient (Wildman–Crippen LogP) is 5.28. The summed E-state index contributed by atoms with van der Waals surface area (Å²) < 4.78 is 1.69. The normalized spacial score (nSPS) is 11.6. The first kappa shape index (κ1) is 21.9. The Morgan fingerprint density at radius 3 is 2.32 bits per heavy atom. The van der Waals surface area contributed by atoms with Crippen molar-refractivity contribution in [1.29, 1.82) is 0 Å². The van der Waals surface area contributed by atoms with Gasteiger partial charge in [0.15, 0.2) is 5.16 Å². The lowest BCUT2D eigenvalue weighted by Gasteiger charge is -2.14. The van der Waals surface area contributed by atoms with Crippen LogP contribution in [0.15, 0.2) is 51.1 Å². The van der Waals surface area contributed by atoms with Crippen LogP contribution in [0.2, 0.25) is 10.0 Å². The van der Waals surface area contributed by atoms with Gasteiger partial charge < -0.3 is 4.98 Å². The van der Waals surface area contributed by atoms with Crippen molar-refractivity contribution in [3.05, 3.63) is 73.0 Å². The number of fused-ring (bicyclic) bond motifs is 2. The topological polar surface area (TPSA) is 80.6 Å². The lowest BCUT2D eigenvalue weighted by Crippen LogP contribution is -2.24. The number of H-pyrrole nitrogens is 1. The number of hydrogen-bond donors (Lipinski definition) is 1. The van der Waals surface area contributed by atoms with Crippen molar-refractivity contribution in [1.82, 2.24) is 19.5 Å². The van der Waals surface area contributed by atoms with Gasteiger partial charge in [0, 0.05) is 16.6 Å². The van der Waals surface area contributed by atoms with Crippen LogP contribution in [0, 0.1) is 5.92 Å². The smallest absolute Gasteiger partial charge is 0.262 e. The summed E-state index contributed by atoms with van der Waals surface area (Å²) in [5.74, 6) is 1.27. The molecule has 0 radical (unpaired) electrons. The molecule has 0 aliphatic carbocycles. The first-order chi connectivity index (χ1) is 14.8. The van der Waals surface area contributed by atoms with E-state index in [0.29, 0.717) is 61.0 Å². The monoisotopic (exact) mass is 474 g/mol. The Labute approximate surface area is 192 Å². The zero-order valence-corrected chi connectivity index (χ0v) is 19.3. The average molecular weight is 475 g/mol. The van der Waals surface area contributed by atoms with E-state index in [1.54, 1.807) is 41.0 Å². The predicted molar refractivity (Wildman–Crippen MR) is 127 cm³/mol. The largest absolute Gasteiger partial charge is 0.309 e. The van der Waals surface area contributed by atoms with E-state index in [9.17, 15) is 9.59 Å². The van der Waals surface area contributed by atoms with E-state index < -0.39 is 0 Å². The molecule has 2 aromatic heterocycles. The first-order valence-corrected chi connectivity index (χ1v) is 11.6. The summed E-state index contributed by atoms with van der Waals surface area (Å²) in [5.41, 5.74) is 0.749. The third-order valence-corrected chi connectivity index (χ3v) is 6.33. The van der Waals surface area contributed by atoms with E-state index in [1.807, 2.05) is 0 Å². The molecule has 9 heteroatoms. The van der Waals surface area contributed by atoms with Gasteiger partial charge in [-0.1, -0.05) is 48.8 Å². The van der Waals surface area contributed by atoms with Gasteiger partial charge in [0.25, 0.3) is 11.1 Å². The number of nitrogens with zero attached hydrogens (tertiary/aromatic N) is 3. The highest BCUT2D eigenvalue weighted by Gasteiger charge is 2.14. The molecule has 0 bridgehead atoms. The molecule has 0 aliphatic heterocycles. The Morgan fingerprint density at radius 2 is 1.65 bits per heavy atom. The summed E-state index contributed by atoms with van der Waals surface area (Å²) in [6.45, 7) is 4.78. The number of aromatic nitrogens is 4. The number of aromatic amines is 1. The molecular formula is C22H20Cl2N4O2S. The van der Waals surface area contributed by atoms with Crippen LogP contribution >= 0.6 is 35.0 Å². The maximum Gasteiger partial charge on any atom is 0.262 e. The van der Waals surface area contributed by atoms with Crippen molar-refractivity contribution in [2.45, 2.75) is 37.7 Å². The van der Waals surface area contributed by atoms with E-state index in [0.717, 1.165) is 6.42 Å². The fourth-order valence-corrected chi connectivity index (χ4v) is 4.46. The minimum absolute atomic E-state index is 0.100.